The van der Waals surface area contributed by atoms with Gasteiger partial charge in [0.15, 0.2) is 5.78 Å². The van der Waals surface area contributed by atoms with E-state index in [1.807, 2.05) is 37.3 Å². The van der Waals surface area contributed by atoms with Gasteiger partial charge in [-0.3, -0.25) is 9.35 Å². The van der Waals surface area contributed by atoms with Crippen LogP contribution in [0.3, 0.4) is 0 Å². The predicted octanol–water partition coefficient (Wildman–Crippen LogP) is 1.37. The van der Waals surface area contributed by atoms with Gasteiger partial charge < -0.3 is 5.32 Å². The molecule has 0 amide bonds. The maximum atomic E-state index is 11.5. The third-order valence-electron chi connectivity index (χ3n) is 1.87. The van der Waals surface area contributed by atoms with E-state index in [1.54, 1.807) is 0 Å². The zero-order valence-electron chi connectivity index (χ0n) is 10.6. The van der Waals surface area contributed by atoms with E-state index in [0.29, 0.717) is 12.7 Å². The maximum Gasteiger partial charge on any atom is 0.261 e. The van der Waals surface area contributed by atoms with Crippen LogP contribution in [0.2, 0.25) is 0 Å². The lowest BCUT2D eigenvalue weighted by molar-refractivity contribution is 0.0983. The van der Waals surface area contributed by atoms with Gasteiger partial charge in [-0.25, -0.2) is 0 Å². The van der Waals surface area contributed by atoms with Crippen molar-refractivity contribution in [1.82, 2.24) is 5.32 Å². The minimum Gasteiger partial charge on any atom is -0.317 e. The van der Waals surface area contributed by atoms with Crippen LogP contribution in [-0.4, -0.2) is 38.1 Å². The molecule has 0 saturated carbocycles. The van der Waals surface area contributed by atoms with E-state index in [4.69, 9.17) is 4.55 Å². The van der Waals surface area contributed by atoms with E-state index in [1.165, 1.54) is 0 Å². The topological polar surface area (TPSA) is 83.5 Å². The van der Waals surface area contributed by atoms with Crippen molar-refractivity contribution in [3.8, 4) is 0 Å². The fourth-order valence-electron chi connectivity index (χ4n) is 1.15. The lowest BCUT2D eigenvalue weighted by Crippen LogP contribution is -2.17. The number of benzene rings is 1. The number of Topliss-reactive ketones (excluding diaryl/α,β-unsaturated/α-hetero) is 1. The standard InChI is InChI=1S/C11H15NO.CH4O3S/c1-2-12-9-8-11(13)10-6-4-3-5-7-10;1-5(2,3)4/h3-7,12H,2,8-9H2,1H3;1H3,(H,2,3,4). The Labute approximate surface area is 108 Å². The molecule has 0 radical (unpaired) electrons. The molecule has 6 heteroatoms. The van der Waals surface area contributed by atoms with E-state index in [2.05, 4.69) is 5.32 Å². The first-order valence-corrected chi connectivity index (χ1v) is 7.41. The van der Waals surface area contributed by atoms with Crippen molar-refractivity contribution in [2.45, 2.75) is 13.3 Å². The van der Waals surface area contributed by atoms with Gasteiger partial charge in [0, 0.05) is 18.5 Å². The zero-order valence-corrected chi connectivity index (χ0v) is 11.4. The second-order valence-corrected chi connectivity index (χ2v) is 5.09. The summed E-state index contributed by atoms with van der Waals surface area (Å²) in [7, 11) is -3.67. The van der Waals surface area contributed by atoms with E-state index in [0.717, 1.165) is 18.7 Å². The molecular weight excluding hydrogens is 254 g/mol. The largest absolute Gasteiger partial charge is 0.317 e. The molecule has 0 aliphatic heterocycles. The van der Waals surface area contributed by atoms with Gasteiger partial charge in [0.25, 0.3) is 10.1 Å². The quantitative estimate of drug-likeness (QED) is 0.481. The molecule has 0 spiro atoms. The molecule has 0 fully saturated rings. The number of carbonyl (C=O) groups is 1. The van der Waals surface area contributed by atoms with Crippen LogP contribution in [-0.2, 0) is 10.1 Å². The molecule has 5 nitrogen and oxygen atoms in total. The van der Waals surface area contributed by atoms with Crippen molar-refractivity contribution in [3.05, 3.63) is 35.9 Å². The first kappa shape index (κ1) is 16.8. The molecule has 0 unspecified atom stereocenters. The van der Waals surface area contributed by atoms with Gasteiger partial charge in [-0.05, 0) is 6.54 Å². The van der Waals surface area contributed by atoms with Crippen molar-refractivity contribution < 1.29 is 17.8 Å². The fourth-order valence-corrected chi connectivity index (χ4v) is 1.15. The second-order valence-electron chi connectivity index (χ2n) is 3.63. The first-order chi connectivity index (χ1) is 8.34. The number of nitrogens with one attached hydrogen (secondary N) is 1. The van der Waals surface area contributed by atoms with Crippen molar-refractivity contribution >= 4 is 15.9 Å². The molecule has 1 aromatic rings. The van der Waals surface area contributed by atoms with Crippen LogP contribution < -0.4 is 5.32 Å². The van der Waals surface area contributed by atoms with Crippen molar-refractivity contribution in [2.75, 3.05) is 19.3 Å². The van der Waals surface area contributed by atoms with Crippen LogP contribution in [0.4, 0.5) is 0 Å². The van der Waals surface area contributed by atoms with Gasteiger partial charge in [0.2, 0.25) is 0 Å². The number of ketones is 1. The maximum absolute atomic E-state index is 11.5. The molecule has 1 aromatic carbocycles. The third-order valence-corrected chi connectivity index (χ3v) is 1.87. The molecule has 0 aliphatic rings. The van der Waals surface area contributed by atoms with Crippen molar-refractivity contribution in [1.29, 1.82) is 0 Å². The molecule has 0 aliphatic carbocycles. The summed E-state index contributed by atoms with van der Waals surface area (Å²) < 4.78 is 25.9. The van der Waals surface area contributed by atoms with Gasteiger partial charge >= 0.3 is 0 Å². The Morgan fingerprint density at radius 2 is 1.78 bits per heavy atom. The lowest BCUT2D eigenvalue weighted by Gasteiger charge is -2.00. The van der Waals surface area contributed by atoms with Gasteiger partial charge in [0.05, 0.1) is 6.26 Å². The van der Waals surface area contributed by atoms with Crippen LogP contribution in [0.15, 0.2) is 30.3 Å². The summed E-state index contributed by atoms with van der Waals surface area (Å²) >= 11 is 0. The van der Waals surface area contributed by atoms with Crippen LogP contribution in [0, 0.1) is 0 Å². The number of hydrogen-bond acceptors (Lipinski definition) is 4. The van der Waals surface area contributed by atoms with Gasteiger partial charge in [0.1, 0.15) is 0 Å². The third kappa shape index (κ3) is 11.3. The van der Waals surface area contributed by atoms with Crippen LogP contribution in [0.5, 0.6) is 0 Å². The highest BCUT2D eigenvalue weighted by molar-refractivity contribution is 7.85. The van der Waals surface area contributed by atoms with Gasteiger partial charge in [-0.1, -0.05) is 37.3 Å². The normalized spacial score (nSPS) is 10.4. The number of hydrogen-bond donors (Lipinski definition) is 2. The summed E-state index contributed by atoms with van der Waals surface area (Å²) in [5.74, 6) is 0.210. The Hall–Kier alpha value is -1.24. The Morgan fingerprint density at radius 1 is 1.28 bits per heavy atom. The molecule has 1 rings (SSSR count). The smallest absolute Gasteiger partial charge is 0.261 e. The first-order valence-electron chi connectivity index (χ1n) is 5.56. The highest BCUT2D eigenvalue weighted by Gasteiger charge is 2.02. The average Bonchev–Trinajstić information content (AvgIpc) is 2.28. The molecule has 102 valence electrons. The monoisotopic (exact) mass is 273 g/mol. The molecule has 0 aromatic heterocycles. The Morgan fingerprint density at radius 3 is 2.22 bits per heavy atom. The summed E-state index contributed by atoms with van der Waals surface area (Å²) in [6, 6.07) is 9.41. The minimum absolute atomic E-state index is 0.210. The lowest BCUT2D eigenvalue weighted by atomic mass is 10.1. The SMILES string of the molecule is CCNCCC(=O)c1ccccc1.CS(=O)(=O)O. The van der Waals surface area contributed by atoms with Gasteiger partial charge in [-0.15, -0.1) is 0 Å². The average molecular weight is 273 g/mol. The molecule has 0 saturated heterocycles. The minimum atomic E-state index is -3.67. The van der Waals surface area contributed by atoms with Crippen LogP contribution in [0.1, 0.15) is 23.7 Å². The fraction of sp³-hybridized carbons (Fsp3) is 0.417. The molecule has 0 bridgehead atoms. The second kappa shape index (κ2) is 8.79. The highest BCUT2D eigenvalue weighted by Crippen LogP contribution is 2.01. The zero-order chi connectivity index (χ0) is 14.0. The summed E-state index contributed by atoms with van der Waals surface area (Å²) in [6.07, 6.45) is 1.30. The molecule has 0 atom stereocenters. The Bertz CT molecular complexity index is 434. The summed E-state index contributed by atoms with van der Waals surface area (Å²) in [5, 5.41) is 3.13. The Kier molecular flexibility index (Phi) is 8.19. The molecule has 2 N–H and O–H groups in total. The highest BCUT2D eigenvalue weighted by atomic mass is 32.2. The van der Waals surface area contributed by atoms with Crippen molar-refractivity contribution in [2.24, 2.45) is 0 Å². The molecule has 18 heavy (non-hydrogen) atoms. The van der Waals surface area contributed by atoms with E-state index < -0.39 is 10.1 Å². The number of carbonyl (C=O) groups excluding carboxylic acids is 1. The summed E-state index contributed by atoms with van der Waals surface area (Å²) in [5.41, 5.74) is 0.806. The number of rotatable bonds is 5. The molecular formula is C12H19NO4S. The van der Waals surface area contributed by atoms with Crippen LogP contribution >= 0.6 is 0 Å². The Balaban J connectivity index is 0.000000494. The summed E-state index contributed by atoms with van der Waals surface area (Å²) in [6.45, 7) is 3.72. The van der Waals surface area contributed by atoms with Crippen molar-refractivity contribution in [3.63, 3.8) is 0 Å². The molecule has 0 heterocycles. The van der Waals surface area contributed by atoms with E-state index >= 15 is 0 Å². The summed E-state index contributed by atoms with van der Waals surface area (Å²) in [4.78, 5) is 11.5. The van der Waals surface area contributed by atoms with E-state index in [-0.39, 0.29) is 5.78 Å². The van der Waals surface area contributed by atoms with Gasteiger partial charge in [-0.2, -0.15) is 8.42 Å². The van der Waals surface area contributed by atoms with Crippen LogP contribution in [0.25, 0.3) is 0 Å². The van der Waals surface area contributed by atoms with E-state index in [9.17, 15) is 13.2 Å². The predicted molar refractivity (Wildman–Crippen MR) is 71.4 cm³/mol.